The van der Waals surface area contributed by atoms with Crippen molar-refractivity contribution >= 4 is 17.8 Å². The van der Waals surface area contributed by atoms with Crippen LogP contribution in [-0.4, -0.2) is 62.4 Å². The Labute approximate surface area is 233 Å². The second-order valence-electron chi connectivity index (χ2n) is 10.9. The van der Waals surface area contributed by atoms with Crippen LogP contribution in [0.15, 0.2) is 30.5 Å². The maximum atomic E-state index is 14.1. The lowest BCUT2D eigenvalue weighted by Gasteiger charge is -2.33. The van der Waals surface area contributed by atoms with Gasteiger partial charge in [-0.3, -0.25) is 14.2 Å². The number of nitrogens with one attached hydrogen (secondary N) is 2. The van der Waals surface area contributed by atoms with Crippen LogP contribution < -0.4 is 10.6 Å². The van der Waals surface area contributed by atoms with Crippen molar-refractivity contribution in [1.29, 1.82) is 0 Å². The molecule has 6 rings (SSSR count). The first-order valence-electron chi connectivity index (χ1n) is 13.7. The molecule has 2 N–H and O–H groups in total. The predicted molar refractivity (Wildman–Crippen MR) is 140 cm³/mol. The van der Waals surface area contributed by atoms with E-state index >= 15 is 0 Å². The van der Waals surface area contributed by atoms with Gasteiger partial charge in [0.05, 0.1) is 11.3 Å². The maximum absolute atomic E-state index is 14.1. The van der Waals surface area contributed by atoms with E-state index in [1.165, 1.54) is 12.3 Å². The van der Waals surface area contributed by atoms with E-state index in [2.05, 4.69) is 25.6 Å². The average Bonchev–Trinajstić information content (AvgIpc) is 3.62. The third-order valence-corrected chi connectivity index (χ3v) is 7.95. The quantitative estimate of drug-likeness (QED) is 0.437. The molecule has 3 aromatic rings. The minimum atomic E-state index is -4.88. The zero-order valence-electron chi connectivity index (χ0n) is 22.3. The number of fused-ring (bicyclic) bond motifs is 1. The molecule has 216 valence electrons. The monoisotopic (exact) mass is 571 g/mol. The molecule has 3 aliphatic rings. The van der Waals surface area contributed by atoms with Crippen molar-refractivity contribution in [2.45, 2.75) is 50.7 Å². The first-order valence-corrected chi connectivity index (χ1v) is 13.7. The van der Waals surface area contributed by atoms with Gasteiger partial charge in [0.15, 0.2) is 0 Å². The summed E-state index contributed by atoms with van der Waals surface area (Å²) in [5.74, 6) is -0.772. The highest BCUT2D eigenvalue weighted by Gasteiger charge is 2.38. The summed E-state index contributed by atoms with van der Waals surface area (Å²) in [5.41, 5.74) is -0.101. The summed E-state index contributed by atoms with van der Waals surface area (Å²) in [5, 5.41) is 5.95. The third-order valence-electron chi connectivity index (χ3n) is 7.95. The molecule has 2 fully saturated rings. The Morgan fingerprint density at radius 1 is 1.05 bits per heavy atom. The highest BCUT2D eigenvalue weighted by Crippen LogP contribution is 2.38. The van der Waals surface area contributed by atoms with Crippen LogP contribution >= 0.6 is 0 Å². The zero-order chi connectivity index (χ0) is 28.9. The van der Waals surface area contributed by atoms with Crippen LogP contribution in [0, 0.1) is 17.7 Å². The van der Waals surface area contributed by atoms with Gasteiger partial charge in [0.2, 0.25) is 17.8 Å². The van der Waals surface area contributed by atoms with Gasteiger partial charge in [0.25, 0.3) is 0 Å². The summed E-state index contributed by atoms with van der Waals surface area (Å²) in [6.07, 6.45) is 0.831. The second kappa shape index (κ2) is 10.4. The van der Waals surface area contributed by atoms with Gasteiger partial charge < -0.3 is 15.5 Å². The van der Waals surface area contributed by atoms with Crippen molar-refractivity contribution in [3.63, 3.8) is 0 Å². The molecule has 2 atom stereocenters. The number of piperidine rings is 1. The Balaban J connectivity index is 1.35. The van der Waals surface area contributed by atoms with Crippen LogP contribution in [0.2, 0.25) is 0 Å². The van der Waals surface area contributed by atoms with E-state index in [9.17, 15) is 27.2 Å². The fourth-order valence-electron chi connectivity index (χ4n) is 5.73. The lowest BCUT2D eigenvalue weighted by molar-refractivity contribution is -0.140. The molecule has 1 aromatic carbocycles. The molecule has 1 saturated heterocycles. The van der Waals surface area contributed by atoms with Gasteiger partial charge in [-0.2, -0.15) is 18.2 Å². The Bertz CT molecular complexity index is 1500. The number of amides is 2. The number of likely N-dealkylation sites (tertiary alicyclic amines) is 1. The molecule has 0 radical (unpaired) electrons. The largest absolute Gasteiger partial charge is 0.419 e. The molecular formula is C28H29F4N7O2. The van der Waals surface area contributed by atoms with Crippen LogP contribution in [0.4, 0.5) is 23.5 Å². The van der Waals surface area contributed by atoms with Crippen LogP contribution in [0.25, 0.3) is 17.2 Å². The summed E-state index contributed by atoms with van der Waals surface area (Å²) in [4.78, 5) is 40.5. The number of imidazole rings is 1. The van der Waals surface area contributed by atoms with Crippen molar-refractivity contribution in [2.24, 2.45) is 11.8 Å². The van der Waals surface area contributed by atoms with Crippen molar-refractivity contribution in [1.82, 2.24) is 29.7 Å². The number of nitrogens with zero attached hydrogens (tertiary/aromatic N) is 5. The molecular weight excluding hydrogens is 542 g/mol. The number of hydrogen-bond acceptors (Lipinski definition) is 6. The van der Waals surface area contributed by atoms with E-state index in [0.29, 0.717) is 42.5 Å². The highest BCUT2D eigenvalue weighted by molar-refractivity contribution is 5.81. The molecule has 2 amide bonds. The fraction of sp³-hybridized carbons (Fsp3) is 0.464. The van der Waals surface area contributed by atoms with E-state index in [1.54, 1.807) is 17.7 Å². The lowest BCUT2D eigenvalue weighted by atomic mass is 10.1. The van der Waals surface area contributed by atoms with Gasteiger partial charge in [0.1, 0.15) is 17.5 Å². The van der Waals surface area contributed by atoms with Gasteiger partial charge in [-0.1, -0.05) is 0 Å². The van der Waals surface area contributed by atoms with Crippen LogP contribution in [0.3, 0.4) is 0 Å². The third kappa shape index (κ3) is 5.36. The molecule has 2 aliphatic carbocycles. The lowest BCUT2D eigenvalue weighted by Crippen LogP contribution is -2.45. The van der Waals surface area contributed by atoms with Crippen molar-refractivity contribution in [2.75, 3.05) is 25.5 Å². The van der Waals surface area contributed by atoms with Crippen LogP contribution in [0.1, 0.15) is 42.6 Å². The smallest absolute Gasteiger partial charge is 0.359 e. The Morgan fingerprint density at radius 3 is 2.59 bits per heavy atom. The van der Waals surface area contributed by atoms with Gasteiger partial charge in [-0.25, -0.2) is 14.4 Å². The Hall–Kier alpha value is -4.03. The highest BCUT2D eigenvalue weighted by atomic mass is 19.4. The first kappa shape index (κ1) is 27.2. The minimum Gasteiger partial charge on any atom is -0.359 e. The summed E-state index contributed by atoms with van der Waals surface area (Å²) in [6.45, 7) is 1.27. The molecule has 1 unspecified atom stereocenters. The van der Waals surface area contributed by atoms with Crippen molar-refractivity contribution in [3.05, 3.63) is 53.2 Å². The van der Waals surface area contributed by atoms with Gasteiger partial charge >= 0.3 is 6.18 Å². The first-order chi connectivity index (χ1) is 19.6. The number of aromatic nitrogens is 4. The molecule has 0 spiro atoms. The fourth-order valence-corrected chi connectivity index (χ4v) is 5.73. The predicted octanol–water partition coefficient (Wildman–Crippen LogP) is 3.76. The van der Waals surface area contributed by atoms with E-state index in [1.807, 2.05) is 4.90 Å². The van der Waals surface area contributed by atoms with Gasteiger partial charge in [0, 0.05) is 68.3 Å². The maximum Gasteiger partial charge on any atom is 0.419 e. The molecule has 0 bridgehead atoms. The Kier molecular flexibility index (Phi) is 6.90. The van der Waals surface area contributed by atoms with E-state index in [4.69, 9.17) is 0 Å². The number of rotatable bonds is 6. The zero-order valence-corrected chi connectivity index (χ0v) is 22.3. The standard InChI is InChI=1S/C28H29F4N7O2/c1-33-25(40)17-12-21-22(13-17)39(24(36-21)16-6-7-20(29)19(11-16)28(30,31)32)23-8-9-34-27(37-23)35-18-3-2-10-38(14-18)26(41)15-4-5-15/h6-9,11,15,17-18H,2-5,10,12-14H2,1H3,(H,33,40)(H,34,35,37)/t17?,18-/m1/s1. The van der Waals surface area contributed by atoms with E-state index < -0.39 is 17.6 Å². The van der Waals surface area contributed by atoms with E-state index in [-0.39, 0.29) is 41.1 Å². The molecule has 9 nitrogen and oxygen atoms in total. The Morgan fingerprint density at radius 2 is 1.85 bits per heavy atom. The van der Waals surface area contributed by atoms with Gasteiger partial charge in [-0.05, 0) is 49.9 Å². The number of alkyl halides is 3. The number of anilines is 1. The average molecular weight is 572 g/mol. The van der Waals surface area contributed by atoms with Crippen molar-refractivity contribution < 1.29 is 27.2 Å². The normalized spacial score (nSPS) is 20.6. The summed E-state index contributed by atoms with van der Waals surface area (Å²) < 4.78 is 56.4. The summed E-state index contributed by atoms with van der Waals surface area (Å²) in [6, 6.07) is 4.33. The molecule has 13 heteroatoms. The topological polar surface area (TPSA) is 105 Å². The van der Waals surface area contributed by atoms with Crippen LogP contribution in [0.5, 0.6) is 0 Å². The number of halogens is 4. The number of benzene rings is 1. The number of carbonyl (C=O) groups is 2. The van der Waals surface area contributed by atoms with Crippen LogP contribution in [-0.2, 0) is 28.6 Å². The minimum absolute atomic E-state index is 0.0567. The number of hydrogen-bond donors (Lipinski definition) is 2. The van der Waals surface area contributed by atoms with Gasteiger partial charge in [-0.15, -0.1) is 0 Å². The van der Waals surface area contributed by atoms with E-state index in [0.717, 1.165) is 44.4 Å². The second-order valence-corrected chi connectivity index (χ2v) is 10.9. The molecule has 41 heavy (non-hydrogen) atoms. The number of carbonyl (C=O) groups excluding carboxylic acids is 2. The summed E-state index contributed by atoms with van der Waals surface area (Å²) in [7, 11) is 1.54. The summed E-state index contributed by atoms with van der Waals surface area (Å²) >= 11 is 0. The van der Waals surface area contributed by atoms with Crippen molar-refractivity contribution in [3.8, 4) is 17.2 Å². The molecule has 1 saturated carbocycles. The SMILES string of the molecule is CNC(=O)C1Cc2nc(-c3ccc(F)c(C(F)(F)F)c3)n(-c3ccnc(N[C@@H]4CCCN(C(=O)C5CC5)C4)n3)c2C1. The molecule has 3 heterocycles. The molecule has 2 aromatic heterocycles. The molecule has 1 aliphatic heterocycles.